The molecule has 1 aliphatic carbocycles. The minimum Gasteiger partial charge on any atom is -0.497 e. The number of amides is 1. The van der Waals surface area contributed by atoms with Crippen molar-refractivity contribution in [3.63, 3.8) is 0 Å². The van der Waals surface area contributed by atoms with Gasteiger partial charge in [-0.05, 0) is 67.6 Å². The van der Waals surface area contributed by atoms with E-state index in [2.05, 4.69) is 24.4 Å². The van der Waals surface area contributed by atoms with Crippen LogP contribution in [-0.2, 0) is 5.41 Å². The molecular formula is C20H23NO2. The summed E-state index contributed by atoms with van der Waals surface area (Å²) in [5, 5.41) is 3.11. The summed E-state index contributed by atoms with van der Waals surface area (Å²) >= 11 is 0. The molecule has 1 saturated carbocycles. The Bertz CT molecular complexity index is 715. The Balaban J connectivity index is 1.67. The molecule has 23 heavy (non-hydrogen) atoms. The highest BCUT2D eigenvalue weighted by atomic mass is 16.5. The molecular weight excluding hydrogens is 286 g/mol. The van der Waals surface area contributed by atoms with E-state index in [1.165, 1.54) is 11.1 Å². The maximum absolute atomic E-state index is 12.4. The Kier molecular flexibility index (Phi) is 4.12. The number of hydrogen-bond donors (Lipinski definition) is 1. The van der Waals surface area contributed by atoms with Gasteiger partial charge in [0, 0.05) is 17.5 Å². The second kappa shape index (κ2) is 6.07. The Hall–Kier alpha value is -2.29. The second-order valence-corrected chi connectivity index (χ2v) is 6.49. The highest BCUT2D eigenvalue weighted by Crippen LogP contribution is 2.47. The molecule has 1 amide bonds. The van der Waals surface area contributed by atoms with Crippen LogP contribution in [-0.4, -0.2) is 19.6 Å². The van der Waals surface area contributed by atoms with E-state index in [-0.39, 0.29) is 11.3 Å². The molecule has 3 rings (SSSR count). The standard InChI is InChI=1S/C20H23NO2/c1-14-4-5-16(12-15(14)2)19(22)21-13-20(10-11-20)17-6-8-18(23-3)9-7-17/h4-9,12H,10-11,13H2,1-3H3,(H,21,22). The number of rotatable bonds is 5. The average Bonchev–Trinajstić information content (AvgIpc) is 3.36. The molecule has 3 nitrogen and oxygen atoms in total. The molecule has 0 radical (unpaired) electrons. The Morgan fingerprint density at radius 3 is 2.35 bits per heavy atom. The summed E-state index contributed by atoms with van der Waals surface area (Å²) in [5.41, 5.74) is 4.46. The van der Waals surface area contributed by atoms with Crippen molar-refractivity contribution in [3.05, 3.63) is 64.7 Å². The van der Waals surface area contributed by atoms with E-state index in [1.54, 1.807) is 7.11 Å². The van der Waals surface area contributed by atoms with E-state index in [9.17, 15) is 4.79 Å². The molecule has 1 N–H and O–H groups in total. The van der Waals surface area contributed by atoms with Crippen LogP contribution >= 0.6 is 0 Å². The lowest BCUT2D eigenvalue weighted by molar-refractivity contribution is 0.0949. The molecule has 0 spiro atoms. The van der Waals surface area contributed by atoms with Crippen LogP contribution in [0, 0.1) is 13.8 Å². The second-order valence-electron chi connectivity index (χ2n) is 6.49. The summed E-state index contributed by atoms with van der Waals surface area (Å²) in [6, 6.07) is 14.0. The zero-order valence-corrected chi connectivity index (χ0v) is 14.0. The molecule has 3 heteroatoms. The molecule has 1 aliphatic rings. The molecule has 0 bridgehead atoms. The first-order valence-corrected chi connectivity index (χ1v) is 8.04. The SMILES string of the molecule is COc1ccc(C2(CNC(=O)c3ccc(C)c(C)c3)CC2)cc1. The molecule has 0 aromatic heterocycles. The number of ether oxygens (including phenoxy) is 1. The van der Waals surface area contributed by atoms with Gasteiger partial charge in [-0.15, -0.1) is 0 Å². The summed E-state index contributed by atoms with van der Waals surface area (Å²) in [5.74, 6) is 0.872. The van der Waals surface area contributed by atoms with Crippen LogP contribution in [0.25, 0.3) is 0 Å². The number of methoxy groups -OCH3 is 1. The minimum atomic E-state index is 0.00730. The minimum absolute atomic E-state index is 0.00730. The highest BCUT2D eigenvalue weighted by molar-refractivity contribution is 5.94. The fourth-order valence-electron chi connectivity index (χ4n) is 2.90. The van der Waals surface area contributed by atoms with E-state index < -0.39 is 0 Å². The number of benzene rings is 2. The van der Waals surface area contributed by atoms with Gasteiger partial charge in [0.05, 0.1) is 7.11 Å². The molecule has 120 valence electrons. The van der Waals surface area contributed by atoms with Crippen LogP contribution in [0.3, 0.4) is 0 Å². The normalized spacial score (nSPS) is 15.1. The predicted octanol–water partition coefficient (Wildman–Crippen LogP) is 3.77. The molecule has 0 aliphatic heterocycles. The Morgan fingerprint density at radius 2 is 1.78 bits per heavy atom. The summed E-state index contributed by atoms with van der Waals surface area (Å²) in [4.78, 5) is 12.4. The number of nitrogens with one attached hydrogen (secondary N) is 1. The Labute approximate surface area is 137 Å². The molecule has 1 fully saturated rings. The van der Waals surface area contributed by atoms with E-state index >= 15 is 0 Å². The van der Waals surface area contributed by atoms with Gasteiger partial charge in [-0.25, -0.2) is 0 Å². The summed E-state index contributed by atoms with van der Waals surface area (Å²) < 4.78 is 5.21. The highest BCUT2D eigenvalue weighted by Gasteiger charge is 2.44. The van der Waals surface area contributed by atoms with Crippen LogP contribution in [0.2, 0.25) is 0 Å². The number of aryl methyl sites for hydroxylation is 2. The Morgan fingerprint density at radius 1 is 1.09 bits per heavy atom. The van der Waals surface area contributed by atoms with Gasteiger partial charge in [-0.1, -0.05) is 18.2 Å². The molecule has 0 saturated heterocycles. The third-order valence-corrected chi connectivity index (χ3v) is 4.91. The maximum Gasteiger partial charge on any atom is 0.251 e. The van der Waals surface area contributed by atoms with Crippen molar-refractivity contribution in [2.24, 2.45) is 0 Å². The van der Waals surface area contributed by atoms with Crippen LogP contribution in [0.4, 0.5) is 0 Å². The van der Waals surface area contributed by atoms with Gasteiger partial charge in [0.15, 0.2) is 0 Å². The first-order valence-electron chi connectivity index (χ1n) is 8.04. The summed E-state index contributed by atoms with van der Waals surface area (Å²) in [6.45, 7) is 4.77. The fraction of sp³-hybridized carbons (Fsp3) is 0.350. The van der Waals surface area contributed by atoms with Gasteiger partial charge >= 0.3 is 0 Å². The predicted molar refractivity (Wildman–Crippen MR) is 92.2 cm³/mol. The largest absolute Gasteiger partial charge is 0.497 e. The molecule has 2 aromatic rings. The first-order chi connectivity index (χ1) is 11.0. The summed E-state index contributed by atoms with van der Waals surface area (Å²) in [7, 11) is 1.67. The third kappa shape index (κ3) is 3.24. The third-order valence-electron chi connectivity index (χ3n) is 4.91. The summed E-state index contributed by atoms with van der Waals surface area (Å²) in [6.07, 6.45) is 2.24. The fourth-order valence-corrected chi connectivity index (χ4v) is 2.90. The number of hydrogen-bond acceptors (Lipinski definition) is 2. The van der Waals surface area contributed by atoms with Crippen molar-refractivity contribution in [3.8, 4) is 5.75 Å². The zero-order valence-electron chi connectivity index (χ0n) is 14.0. The molecule has 0 heterocycles. The quantitative estimate of drug-likeness (QED) is 0.913. The van der Waals surface area contributed by atoms with E-state index in [1.807, 2.05) is 37.3 Å². The number of carbonyl (C=O) groups is 1. The van der Waals surface area contributed by atoms with Crippen molar-refractivity contribution in [1.29, 1.82) is 0 Å². The van der Waals surface area contributed by atoms with E-state index in [0.717, 1.165) is 29.7 Å². The van der Waals surface area contributed by atoms with Gasteiger partial charge in [0.1, 0.15) is 5.75 Å². The van der Waals surface area contributed by atoms with Gasteiger partial charge in [-0.3, -0.25) is 4.79 Å². The lowest BCUT2D eigenvalue weighted by Gasteiger charge is -2.17. The molecule has 0 atom stereocenters. The van der Waals surface area contributed by atoms with Gasteiger partial charge in [-0.2, -0.15) is 0 Å². The molecule has 0 unspecified atom stereocenters. The topological polar surface area (TPSA) is 38.3 Å². The zero-order chi connectivity index (χ0) is 16.4. The van der Waals surface area contributed by atoms with Crippen LogP contribution in [0.1, 0.15) is 39.9 Å². The van der Waals surface area contributed by atoms with Gasteiger partial charge < -0.3 is 10.1 Å². The lowest BCUT2D eigenvalue weighted by Crippen LogP contribution is -2.32. The average molecular weight is 309 g/mol. The van der Waals surface area contributed by atoms with Crippen LogP contribution in [0.5, 0.6) is 5.75 Å². The smallest absolute Gasteiger partial charge is 0.251 e. The maximum atomic E-state index is 12.4. The van der Waals surface area contributed by atoms with Crippen molar-refractivity contribution < 1.29 is 9.53 Å². The number of carbonyl (C=O) groups excluding carboxylic acids is 1. The van der Waals surface area contributed by atoms with Gasteiger partial charge in [0.2, 0.25) is 0 Å². The van der Waals surface area contributed by atoms with Crippen LogP contribution < -0.4 is 10.1 Å². The monoisotopic (exact) mass is 309 g/mol. The van der Waals surface area contributed by atoms with Crippen molar-refractivity contribution >= 4 is 5.91 Å². The van der Waals surface area contributed by atoms with Crippen molar-refractivity contribution in [2.45, 2.75) is 32.1 Å². The molecule has 2 aromatic carbocycles. The first kappa shape index (κ1) is 15.6. The van der Waals surface area contributed by atoms with Gasteiger partial charge in [0.25, 0.3) is 5.91 Å². The lowest BCUT2D eigenvalue weighted by atomic mass is 9.95. The van der Waals surface area contributed by atoms with E-state index in [4.69, 9.17) is 4.74 Å². The van der Waals surface area contributed by atoms with Crippen molar-refractivity contribution in [1.82, 2.24) is 5.32 Å². The van der Waals surface area contributed by atoms with Crippen molar-refractivity contribution in [2.75, 3.05) is 13.7 Å². The van der Waals surface area contributed by atoms with E-state index in [0.29, 0.717) is 6.54 Å². The van der Waals surface area contributed by atoms with Crippen LogP contribution in [0.15, 0.2) is 42.5 Å².